The molecule has 1 aromatic rings. The van der Waals surface area contributed by atoms with E-state index in [2.05, 4.69) is 0 Å². The average Bonchev–Trinajstić information content (AvgIpc) is 2.82. The summed E-state index contributed by atoms with van der Waals surface area (Å²) in [5.74, 6) is -1.97. The van der Waals surface area contributed by atoms with E-state index in [0.717, 1.165) is 16.7 Å². The summed E-state index contributed by atoms with van der Waals surface area (Å²) in [7, 11) is 0. The Morgan fingerprint density at radius 3 is 2.44 bits per heavy atom. The van der Waals surface area contributed by atoms with E-state index in [-0.39, 0.29) is 25.9 Å². The van der Waals surface area contributed by atoms with Crippen molar-refractivity contribution in [3.63, 3.8) is 0 Å². The maximum atomic E-state index is 12.6. The maximum absolute atomic E-state index is 12.6. The number of benzene rings is 1. The van der Waals surface area contributed by atoms with Gasteiger partial charge in [0.15, 0.2) is 0 Å². The first kappa shape index (κ1) is 21.1. The Morgan fingerprint density at radius 2 is 1.96 bits per heavy atom. The van der Waals surface area contributed by atoms with Crippen LogP contribution >= 0.6 is 35.6 Å². The van der Waals surface area contributed by atoms with Crippen LogP contribution in [0.2, 0.25) is 0 Å². The summed E-state index contributed by atoms with van der Waals surface area (Å²) >= 11 is 12.3. The number of carbonyl (C=O) groups is 2. The molecular weight excluding hydrogens is 412 g/mol. The number of allylic oxidation sites excluding steroid dienone is 2. The molecule has 0 spiro atoms. The van der Waals surface area contributed by atoms with E-state index in [1.54, 1.807) is 13.8 Å². The molecule has 1 fully saturated rings. The van der Waals surface area contributed by atoms with Crippen LogP contribution in [0, 0.1) is 16.0 Å². The van der Waals surface area contributed by atoms with Crippen LogP contribution in [0.15, 0.2) is 40.3 Å². The molecule has 27 heavy (non-hydrogen) atoms. The molecule has 0 aliphatic carbocycles. The van der Waals surface area contributed by atoms with Gasteiger partial charge in [0, 0.05) is 17.2 Å². The van der Waals surface area contributed by atoms with Gasteiger partial charge in [0.2, 0.25) is 0 Å². The first-order chi connectivity index (χ1) is 12.6. The van der Waals surface area contributed by atoms with E-state index in [4.69, 9.17) is 23.8 Å². The number of aliphatic carboxylic acids is 1. The molecule has 1 aliphatic heterocycles. The number of nitro groups is 1. The summed E-state index contributed by atoms with van der Waals surface area (Å²) in [5, 5.41) is 20.3. The molecule has 1 N–H and O–H groups in total. The van der Waals surface area contributed by atoms with Crippen LogP contribution in [0.4, 0.5) is 5.69 Å². The monoisotopic (exact) mass is 426 g/mol. The van der Waals surface area contributed by atoms with Crippen molar-refractivity contribution in [2.24, 2.45) is 5.92 Å². The number of thiocarbonyl (C=S) groups is 1. The highest BCUT2D eigenvalue weighted by Crippen LogP contribution is 2.35. The highest BCUT2D eigenvalue weighted by Gasteiger charge is 2.41. The second kappa shape index (κ2) is 8.64. The Balaban J connectivity index is 2.25. The van der Waals surface area contributed by atoms with Crippen LogP contribution in [-0.4, -0.2) is 37.2 Å². The Kier molecular flexibility index (Phi) is 6.74. The van der Waals surface area contributed by atoms with Crippen molar-refractivity contribution < 1.29 is 19.6 Å². The number of nitro benzene ring substituents is 1. The first-order valence-electron chi connectivity index (χ1n) is 7.73. The molecule has 10 heteroatoms. The van der Waals surface area contributed by atoms with Gasteiger partial charge in [-0.25, -0.2) is 4.79 Å². The molecular formula is C17H15ClN2O5S2. The SMILES string of the molecule is CC(C)C(C(=O)O)N1C(=O)/C(=C/C(Cl)=C\c2ccc([N+](=O)[O-])cc2)SC1=S. The third kappa shape index (κ3) is 4.94. The summed E-state index contributed by atoms with van der Waals surface area (Å²) in [6.45, 7) is 3.39. The molecule has 1 aromatic carbocycles. The van der Waals surface area contributed by atoms with Gasteiger partial charge in [-0.3, -0.25) is 19.8 Å². The molecule has 0 aromatic heterocycles. The summed E-state index contributed by atoms with van der Waals surface area (Å²) in [4.78, 5) is 35.6. The molecule has 1 amide bonds. The van der Waals surface area contributed by atoms with E-state index >= 15 is 0 Å². The minimum absolute atomic E-state index is 0.0439. The molecule has 1 saturated heterocycles. The number of nitrogens with zero attached hydrogens (tertiary/aromatic N) is 2. The summed E-state index contributed by atoms with van der Waals surface area (Å²) < 4.78 is 0.159. The Bertz CT molecular complexity index is 865. The van der Waals surface area contributed by atoms with Crippen molar-refractivity contribution in [3.05, 3.63) is 56.0 Å². The number of carboxylic acids is 1. The second-order valence-corrected chi connectivity index (χ2v) is 8.07. The van der Waals surface area contributed by atoms with E-state index in [1.807, 2.05) is 0 Å². The van der Waals surface area contributed by atoms with Crippen molar-refractivity contribution in [3.8, 4) is 0 Å². The van der Waals surface area contributed by atoms with E-state index in [0.29, 0.717) is 5.56 Å². The zero-order chi connectivity index (χ0) is 20.3. The van der Waals surface area contributed by atoms with Gasteiger partial charge < -0.3 is 5.11 Å². The molecule has 0 bridgehead atoms. The number of rotatable bonds is 6. The fraction of sp³-hybridized carbons (Fsp3) is 0.235. The standard InChI is InChI=1S/C17H15ClN2O5S2/c1-9(2)14(16(22)23)19-15(21)13(27-17(19)26)8-11(18)7-10-3-5-12(6-4-10)20(24)25/h3-9,14H,1-2H3,(H,22,23)/b11-7+,13-8-. The van der Waals surface area contributed by atoms with Gasteiger partial charge in [0.25, 0.3) is 11.6 Å². The van der Waals surface area contributed by atoms with Crippen LogP contribution in [0.5, 0.6) is 0 Å². The smallest absolute Gasteiger partial charge is 0.327 e. The topological polar surface area (TPSA) is 101 Å². The van der Waals surface area contributed by atoms with Gasteiger partial charge in [-0.15, -0.1) is 0 Å². The normalized spacial score (nSPS) is 17.7. The number of carbonyl (C=O) groups excluding carboxylic acids is 1. The predicted molar refractivity (Wildman–Crippen MR) is 108 cm³/mol. The van der Waals surface area contributed by atoms with Gasteiger partial charge in [-0.2, -0.15) is 0 Å². The lowest BCUT2D eigenvalue weighted by atomic mass is 10.0. The third-order valence-corrected chi connectivity index (χ3v) is 5.21. The van der Waals surface area contributed by atoms with Crippen molar-refractivity contribution in [1.82, 2.24) is 4.90 Å². The zero-order valence-electron chi connectivity index (χ0n) is 14.3. The second-order valence-electron chi connectivity index (χ2n) is 5.96. The number of halogens is 1. The lowest BCUT2D eigenvalue weighted by Gasteiger charge is -2.26. The highest BCUT2D eigenvalue weighted by molar-refractivity contribution is 8.26. The number of carboxylic acid groups (broad SMARTS) is 1. The summed E-state index contributed by atoms with van der Waals surface area (Å²) in [6.07, 6.45) is 2.94. The van der Waals surface area contributed by atoms with Crippen molar-refractivity contribution in [1.29, 1.82) is 0 Å². The molecule has 1 aliphatic rings. The fourth-order valence-corrected chi connectivity index (χ4v) is 4.05. The third-order valence-electron chi connectivity index (χ3n) is 3.66. The number of amides is 1. The van der Waals surface area contributed by atoms with Crippen LogP contribution in [0.3, 0.4) is 0 Å². The first-order valence-corrected chi connectivity index (χ1v) is 9.33. The average molecular weight is 427 g/mol. The number of hydrogen-bond donors (Lipinski definition) is 1. The molecule has 0 radical (unpaired) electrons. The quantitative estimate of drug-likeness (QED) is 0.317. The van der Waals surface area contributed by atoms with Crippen LogP contribution < -0.4 is 0 Å². The minimum atomic E-state index is -1.13. The van der Waals surface area contributed by atoms with Crippen molar-refractivity contribution >= 4 is 63.5 Å². The predicted octanol–water partition coefficient (Wildman–Crippen LogP) is 4.03. The number of hydrogen-bond acceptors (Lipinski definition) is 6. The highest BCUT2D eigenvalue weighted by atomic mass is 35.5. The summed E-state index contributed by atoms with van der Waals surface area (Å²) in [6, 6.07) is 4.68. The largest absolute Gasteiger partial charge is 0.480 e. The fourth-order valence-electron chi connectivity index (χ4n) is 2.43. The Labute approximate surface area is 169 Å². The van der Waals surface area contributed by atoms with Crippen LogP contribution in [0.25, 0.3) is 6.08 Å². The van der Waals surface area contributed by atoms with Crippen molar-refractivity contribution in [2.45, 2.75) is 19.9 Å². The van der Waals surface area contributed by atoms with Gasteiger partial charge in [0.1, 0.15) is 10.4 Å². The minimum Gasteiger partial charge on any atom is -0.480 e. The van der Waals surface area contributed by atoms with Crippen LogP contribution in [0.1, 0.15) is 19.4 Å². The summed E-state index contributed by atoms with van der Waals surface area (Å²) in [5.41, 5.74) is 0.570. The lowest BCUT2D eigenvalue weighted by Crippen LogP contribution is -2.47. The lowest BCUT2D eigenvalue weighted by molar-refractivity contribution is -0.384. The Hall–Kier alpha value is -2.23. The van der Waals surface area contributed by atoms with E-state index in [1.165, 1.54) is 36.4 Å². The zero-order valence-corrected chi connectivity index (χ0v) is 16.7. The van der Waals surface area contributed by atoms with Crippen molar-refractivity contribution in [2.75, 3.05) is 0 Å². The number of thioether (sulfide) groups is 1. The van der Waals surface area contributed by atoms with Gasteiger partial charge in [-0.05, 0) is 35.8 Å². The molecule has 2 rings (SSSR count). The molecule has 7 nitrogen and oxygen atoms in total. The molecule has 0 saturated carbocycles. The molecule has 142 valence electrons. The van der Waals surface area contributed by atoms with Gasteiger partial charge in [-0.1, -0.05) is 49.4 Å². The Morgan fingerprint density at radius 1 is 1.37 bits per heavy atom. The molecule has 1 atom stereocenters. The van der Waals surface area contributed by atoms with Gasteiger partial charge in [0.05, 0.1) is 9.83 Å². The molecule has 1 heterocycles. The molecule has 1 unspecified atom stereocenters. The van der Waals surface area contributed by atoms with E-state index in [9.17, 15) is 24.8 Å². The number of non-ortho nitro benzene ring substituents is 1. The van der Waals surface area contributed by atoms with Crippen LogP contribution in [-0.2, 0) is 9.59 Å². The van der Waals surface area contributed by atoms with E-state index < -0.39 is 22.8 Å². The van der Waals surface area contributed by atoms with Gasteiger partial charge >= 0.3 is 5.97 Å². The maximum Gasteiger partial charge on any atom is 0.327 e.